The number of anilines is 1. The summed E-state index contributed by atoms with van der Waals surface area (Å²) in [6.45, 7) is 3.07. The summed E-state index contributed by atoms with van der Waals surface area (Å²) in [7, 11) is 0. The smallest absolute Gasteiger partial charge is 0.159 e. The van der Waals surface area contributed by atoms with Crippen molar-refractivity contribution in [1.82, 2.24) is 0 Å². The van der Waals surface area contributed by atoms with Gasteiger partial charge in [-0.2, -0.15) is 0 Å². The van der Waals surface area contributed by atoms with E-state index in [0.29, 0.717) is 0 Å². The Kier molecular flexibility index (Phi) is 4.97. The van der Waals surface area contributed by atoms with Crippen LogP contribution in [0.5, 0.6) is 0 Å². The average Bonchev–Trinajstić information content (AvgIpc) is 2.46. The van der Waals surface area contributed by atoms with E-state index in [9.17, 15) is 4.79 Å². The molecule has 0 aliphatic carbocycles. The lowest BCUT2D eigenvalue weighted by Gasteiger charge is -2.31. The molecular formula is C14H13Cl2NOS. The molecule has 0 aromatic heterocycles. The first-order valence-electron chi connectivity index (χ1n) is 5.76. The molecule has 1 aliphatic heterocycles. The van der Waals surface area contributed by atoms with Crippen molar-refractivity contribution >= 4 is 46.4 Å². The normalized spacial score (nSPS) is 20.1. The molecule has 1 saturated heterocycles. The average molecular weight is 314 g/mol. The van der Waals surface area contributed by atoms with Crippen LogP contribution in [0.2, 0.25) is 0 Å². The minimum absolute atomic E-state index is 0.0726. The van der Waals surface area contributed by atoms with E-state index in [0.717, 1.165) is 34.2 Å². The van der Waals surface area contributed by atoms with Crippen LogP contribution in [0.25, 0.3) is 0 Å². The van der Waals surface area contributed by atoms with Gasteiger partial charge in [-0.05, 0) is 31.2 Å². The van der Waals surface area contributed by atoms with Crippen molar-refractivity contribution in [3.05, 3.63) is 50.7 Å². The zero-order valence-corrected chi connectivity index (χ0v) is 12.7. The van der Waals surface area contributed by atoms with E-state index in [2.05, 4.69) is 4.90 Å². The van der Waals surface area contributed by atoms with Crippen molar-refractivity contribution in [1.29, 1.82) is 0 Å². The number of nitrogens with zero attached hydrogens (tertiary/aromatic N) is 1. The van der Waals surface area contributed by atoms with Crippen molar-refractivity contribution in [2.75, 3.05) is 18.0 Å². The van der Waals surface area contributed by atoms with Crippen molar-refractivity contribution in [3.8, 4) is 0 Å². The van der Waals surface area contributed by atoms with Gasteiger partial charge < -0.3 is 4.90 Å². The second-order valence-electron chi connectivity index (χ2n) is 4.21. The lowest BCUT2D eigenvalue weighted by atomic mass is 10.1. The Morgan fingerprint density at radius 3 is 2.11 bits per heavy atom. The Morgan fingerprint density at radius 2 is 1.68 bits per heavy atom. The second-order valence-corrected chi connectivity index (χ2v) is 5.90. The molecule has 0 saturated carbocycles. The maximum absolute atomic E-state index is 11.3. The largest absolute Gasteiger partial charge is 0.362 e. The number of hydrogen-bond donors (Lipinski definition) is 0. The Labute approximate surface area is 127 Å². The third kappa shape index (κ3) is 3.56. The molecule has 0 spiro atoms. The molecular weight excluding hydrogens is 301 g/mol. The van der Waals surface area contributed by atoms with Crippen LogP contribution in [0.3, 0.4) is 0 Å². The summed E-state index contributed by atoms with van der Waals surface area (Å²) in [4.78, 5) is 15.5. The van der Waals surface area contributed by atoms with Crippen LogP contribution < -0.4 is 4.90 Å². The van der Waals surface area contributed by atoms with Gasteiger partial charge in [0.05, 0.1) is 13.1 Å². The van der Waals surface area contributed by atoms with Crippen LogP contribution >= 0.6 is 35.0 Å². The fourth-order valence-electron chi connectivity index (χ4n) is 1.87. The zero-order chi connectivity index (χ0) is 13.8. The Morgan fingerprint density at radius 1 is 1.16 bits per heavy atom. The lowest BCUT2D eigenvalue weighted by Crippen LogP contribution is -2.30. The first kappa shape index (κ1) is 14.5. The van der Waals surface area contributed by atoms with E-state index < -0.39 is 0 Å². The number of ketones is 1. The lowest BCUT2D eigenvalue weighted by molar-refractivity contribution is 0.101. The molecule has 19 heavy (non-hydrogen) atoms. The number of halogens is 2. The van der Waals surface area contributed by atoms with E-state index >= 15 is 0 Å². The molecule has 1 aromatic rings. The van der Waals surface area contributed by atoms with Crippen molar-refractivity contribution < 1.29 is 4.79 Å². The number of thioether (sulfide) groups is 1. The molecule has 1 fully saturated rings. The molecule has 1 aromatic carbocycles. The molecule has 0 bridgehead atoms. The van der Waals surface area contributed by atoms with Gasteiger partial charge in [0.15, 0.2) is 5.78 Å². The first-order chi connectivity index (χ1) is 9.13. The fourth-order valence-corrected chi connectivity index (χ4v) is 3.14. The van der Waals surface area contributed by atoms with E-state index in [1.807, 2.05) is 24.3 Å². The first-order valence-corrected chi connectivity index (χ1v) is 7.45. The van der Waals surface area contributed by atoms with Gasteiger partial charge in [0.25, 0.3) is 0 Å². The number of carbonyl (C=O) groups is 1. The highest BCUT2D eigenvalue weighted by molar-refractivity contribution is 8.07. The van der Waals surface area contributed by atoms with E-state index in [1.54, 1.807) is 29.8 Å². The number of Topliss-reactive ketones (excluding diaryl/α,β-unsaturated/α-hetero) is 1. The topological polar surface area (TPSA) is 20.3 Å². The molecule has 0 atom stereocenters. The van der Waals surface area contributed by atoms with Gasteiger partial charge in [-0.3, -0.25) is 4.79 Å². The fraction of sp³-hybridized carbons (Fsp3) is 0.214. The summed E-state index contributed by atoms with van der Waals surface area (Å²) in [5, 5.41) is 0. The quantitative estimate of drug-likeness (QED) is 0.744. The Hall–Kier alpha value is -0.900. The standard InChI is InChI=1S/C14H13Cl2NOS/c1-10(18)11-2-4-12(5-3-11)17-8-13(6-15)19-14(7-16)9-17/h2-7H,8-9H2,1H3/b13-6+,14-7+. The van der Waals surface area contributed by atoms with Crippen LogP contribution in [-0.2, 0) is 0 Å². The Bertz CT molecular complexity index is 517. The summed E-state index contributed by atoms with van der Waals surface area (Å²) in [6, 6.07) is 7.58. The summed E-state index contributed by atoms with van der Waals surface area (Å²) in [5.41, 5.74) is 4.94. The predicted octanol–water partition coefficient (Wildman–Crippen LogP) is 4.60. The van der Waals surface area contributed by atoms with Gasteiger partial charge in [0.1, 0.15) is 0 Å². The van der Waals surface area contributed by atoms with Gasteiger partial charge in [0, 0.05) is 32.1 Å². The number of benzene rings is 1. The monoisotopic (exact) mass is 313 g/mol. The number of hydrogen-bond acceptors (Lipinski definition) is 3. The molecule has 0 N–H and O–H groups in total. The van der Waals surface area contributed by atoms with Crippen LogP contribution in [0.15, 0.2) is 45.1 Å². The SMILES string of the molecule is CC(=O)c1ccc(N2C/C(=C\Cl)S/C(=C/Cl)C2)cc1. The molecule has 0 amide bonds. The van der Waals surface area contributed by atoms with E-state index in [-0.39, 0.29) is 5.78 Å². The maximum Gasteiger partial charge on any atom is 0.159 e. The molecule has 0 unspecified atom stereocenters. The molecule has 1 heterocycles. The highest BCUT2D eigenvalue weighted by Gasteiger charge is 2.19. The van der Waals surface area contributed by atoms with Gasteiger partial charge >= 0.3 is 0 Å². The predicted molar refractivity (Wildman–Crippen MR) is 84.1 cm³/mol. The zero-order valence-electron chi connectivity index (χ0n) is 10.4. The van der Waals surface area contributed by atoms with E-state index in [1.165, 1.54) is 0 Å². The van der Waals surface area contributed by atoms with Crippen molar-refractivity contribution in [2.45, 2.75) is 6.92 Å². The molecule has 0 radical (unpaired) electrons. The summed E-state index contributed by atoms with van der Waals surface area (Å²) in [5.74, 6) is 0.0726. The third-order valence-electron chi connectivity index (χ3n) is 2.84. The molecule has 5 heteroatoms. The molecule has 2 nitrogen and oxygen atoms in total. The third-order valence-corrected chi connectivity index (χ3v) is 4.64. The molecule has 1 aliphatic rings. The molecule has 100 valence electrons. The summed E-state index contributed by atoms with van der Waals surface area (Å²) < 4.78 is 0. The minimum atomic E-state index is 0.0726. The maximum atomic E-state index is 11.3. The van der Waals surface area contributed by atoms with Crippen molar-refractivity contribution in [2.24, 2.45) is 0 Å². The van der Waals surface area contributed by atoms with Crippen LogP contribution in [0, 0.1) is 0 Å². The Balaban J connectivity index is 2.23. The van der Waals surface area contributed by atoms with Gasteiger partial charge in [-0.1, -0.05) is 35.0 Å². The van der Waals surface area contributed by atoms with Crippen molar-refractivity contribution in [3.63, 3.8) is 0 Å². The van der Waals surface area contributed by atoms with E-state index in [4.69, 9.17) is 23.2 Å². The number of rotatable bonds is 2. The van der Waals surface area contributed by atoms with Gasteiger partial charge in [0.2, 0.25) is 0 Å². The van der Waals surface area contributed by atoms with Crippen LogP contribution in [-0.4, -0.2) is 18.9 Å². The van der Waals surface area contributed by atoms with Crippen LogP contribution in [0.4, 0.5) is 5.69 Å². The van der Waals surface area contributed by atoms with Gasteiger partial charge in [-0.15, -0.1) is 0 Å². The number of carbonyl (C=O) groups excluding carboxylic acids is 1. The summed E-state index contributed by atoms with van der Waals surface area (Å²) >= 11 is 13.2. The van der Waals surface area contributed by atoms with Gasteiger partial charge in [-0.25, -0.2) is 0 Å². The summed E-state index contributed by atoms with van der Waals surface area (Å²) in [6.07, 6.45) is 0. The highest BCUT2D eigenvalue weighted by Crippen LogP contribution is 2.35. The second kappa shape index (κ2) is 6.51. The molecule has 2 rings (SSSR count). The highest BCUT2D eigenvalue weighted by atomic mass is 35.5. The van der Waals surface area contributed by atoms with Crippen LogP contribution in [0.1, 0.15) is 17.3 Å². The minimum Gasteiger partial charge on any atom is -0.362 e.